The van der Waals surface area contributed by atoms with Crippen LogP contribution in [0.2, 0.25) is 0 Å². The van der Waals surface area contributed by atoms with Gasteiger partial charge in [0.1, 0.15) is 17.9 Å². The number of nitrogens with zero attached hydrogens (tertiary/aromatic N) is 4. The fourth-order valence-corrected chi connectivity index (χ4v) is 3.12. The first-order valence-corrected chi connectivity index (χ1v) is 7.93. The number of fused-ring (bicyclic) bond motifs is 1. The largest absolute Gasteiger partial charge is 0.497 e. The molecule has 2 aromatic heterocycles. The molecule has 118 valence electrons. The summed E-state index contributed by atoms with van der Waals surface area (Å²) in [6, 6.07) is 6.34. The third kappa shape index (κ3) is 2.72. The highest BCUT2D eigenvalue weighted by molar-refractivity contribution is 5.78. The first-order chi connectivity index (χ1) is 11.3. The molecule has 1 fully saturated rings. The van der Waals surface area contributed by atoms with E-state index in [0.29, 0.717) is 6.04 Å². The summed E-state index contributed by atoms with van der Waals surface area (Å²) in [7, 11) is 1.65. The number of anilines is 1. The molecule has 0 radical (unpaired) electrons. The van der Waals surface area contributed by atoms with E-state index >= 15 is 0 Å². The van der Waals surface area contributed by atoms with E-state index in [9.17, 15) is 0 Å². The highest BCUT2D eigenvalue weighted by Crippen LogP contribution is 2.24. The standard InChI is InChI=1S/C17H19N5O/c1-23-13-6-7-15-14(8-13)19-11-22(15)17-10-18-9-16(21-17)20-12-4-2-3-5-12/h6-12H,2-5H2,1H3,(H,20,21). The van der Waals surface area contributed by atoms with Gasteiger partial charge in [-0.3, -0.25) is 9.55 Å². The molecule has 23 heavy (non-hydrogen) atoms. The van der Waals surface area contributed by atoms with Crippen molar-refractivity contribution in [1.29, 1.82) is 0 Å². The van der Waals surface area contributed by atoms with Gasteiger partial charge in [0.05, 0.1) is 30.5 Å². The highest BCUT2D eigenvalue weighted by atomic mass is 16.5. The molecule has 0 unspecified atom stereocenters. The maximum atomic E-state index is 5.24. The van der Waals surface area contributed by atoms with Gasteiger partial charge in [0.25, 0.3) is 0 Å². The van der Waals surface area contributed by atoms with Gasteiger partial charge in [0.15, 0.2) is 5.82 Å². The zero-order valence-corrected chi connectivity index (χ0v) is 13.1. The van der Waals surface area contributed by atoms with Crippen LogP contribution in [0.4, 0.5) is 5.82 Å². The SMILES string of the molecule is COc1ccc2c(c1)ncn2-c1cncc(NC2CCCC2)n1. The summed E-state index contributed by atoms with van der Waals surface area (Å²) in [6.07, 6.45) is 10.3. The van der Waals surface area contributed by atoms with Gasteiger partial charge in [0, 0.05) is 12.1 Å². The number of hydrogen-bond acceptors (Lipinski definition) is 5. The Balaban J connectivity index is 1.67. The average Bonchev–Trinajstić information content (AvgIpc) is 3.23. The lowest BCUT2D eigenvalue weighted by molar-refractivity contribution is 0.415. The van der Waals surface area contributed by atoms with Gasteiger partial charge in [0.2, 0.25) is 0 Å². The van der Waals surface area contributed by atoms with Crippen LogP contribution in [0, 0.1) is 0 Å². The molecule has 0 saturated heterocycles. The number of imidazole rings is 1. The van der Waals surface area contributed by atoms with Gasteiger partial charge in [-0.15, -0.1) is 0 Å². The monoisotopic (exact) mass is 309 g/mol. The van der Waals surface area contributed by atoms with Crippen molar-refractivity contribution in [1.82, 2.24) is 19.5 Å². The van der Waals surface area contributed by atoms with Gasteiger partial charge in [-0.25, -0.2) is 9.97 Å². The fraction of sp³-hybridized carbons (Fsp3) is 0.353. The molecule has 0 bridgehead atoms. The highest BCUT2D eigenvalue weighted by Gasteiger charge is 2.15. The van der Waals surface area contributed by atoms with Crippen LogP contribution < -0.4 is 10.1 Å². The first kappa shape index (κ1) is 14.0. The van der Waals surface area contributed by atoms with Crippen LogP contribution >= 0.6 is 0 Å². The molecule has 2 heterocycles. The Hall–Kier alpha value is -2.63. The van der Waals surface area contributed by atoms with Crippen molar-refractivity contribution in [2.45, 2.75) is 31.7 Å². The number of hydrogen-bond donors (Lipinski definition) is 1. The van der Waals surface area contributed by atoms with E-state index in [1.165, 1.54) is 25.7 Å². The Morgan fingerprint density at radius 1 is 1.22 bits per heavy atom. The second-order valence-corrected chi connectivity index (χ2v) is 5.86. The maximum absolute atomic E-state index is 5.24. The molecule has 4 rings (SSSR count). The average molecular weight is 309 g/mol. The predicted molar refractivity (Wildman–Crippen MR) is 89.1 cm³/mol. The zero-order chi connectivity index (χ0) is 15.6. The van der Waals surface area contributed by atoms with E-state index in [1.807, 2.05) is 22.8 Å². The van der Waals surface area contributed by atoms with Gasteiger partial charge in [-0.1, -0.05) is 12.8 Å². The molecular weight excluding hydrogens is 290 g/mol. The minimum atomic E-state index is 0.517. The molecule has 0 atom stereocenters. The summed E-state index contributed by atoms with van der Waals surface area (Å²) >= 11 is 0. The topological polar surface area (TPSA) is 64.9 Å². The van der Waals surface area contributed by atoms with Crippen molar-refractivity contribution in [3.8, 4) is 11.6 Å². The molecule has 3 aromatic rings. The molecule has 6 nitrogen and oxygen atoms in total. The van der Waals surface area contributed by atoms with Crippen LogP contribution in [0.5, 0.6) is 5.75 Å². The number of rotatable bonds is 4. The second-order valence-electron chi connectivity index (χ2n) is 5.86. The van der Waals surface area contributed by atoms with Crippen molar-refractivity contribution in [3.63, 3.8) is 0 Å². The molecule has 1 aliphatic rings. The van der Waals surface area contributed by atoms with Gasteiger partial charge in [-0.2, -0.15) is 0 Å². The second kappa shape index (κ2) is 5.87. The Morgan fingerprint density at radius 2 is 2.09 bits per heavy atom. The van der Waals surface area contributed by atoms with Crippen molar-refractivity contribution in [3.05, 3.63) is 36.9 Å². The van der Waals surface area contributed by atoms with E-state index < -0.39 is 0 Å². The minimum absolute atomic E-state index is 0.517. The van der Waals surface area contributed by atoms with Crippen LogP contribution in [0.1, 0.15) is 25.7 Å². The molecule has 0 aliphatic heterocycles. The van der Waals surface area contributed by atoms with E-state index in [4.69, 9.17) is 4.74 Å². The van der Waals surface area contributed by atoms with E-state index in [1.54, 1.807) is 25.8 Å². The predicted octanol–water partition coefficient (Wildman–Crippen LogP) is 3.18. The summed E-state index contributed by atoms with van der Waals surface area (Å²) in [5.41, 5.74) is 1.86. The summed E-state index contributed by atoms with van der Waals surface area (Å²) < 4.78 is 7.19. The summed E-state index contributed by atoms with van der Waals surface area (Å²) in [4.78, 5) is 13.4. The Kier molecular flexibility index (Phi) is 3.57. The molecule has 1 saturated carbocycles. The van der Waals surface area contributed by atoms with Crippen molar-refractivity contribution in [2.75, 3.05) is 12.4 Å². The van der Waals surface area contributed by atoms with Crippen molar-refractivity contribution in [2.24, 2.45) is 0 Å². The minimum Gasteiger partial charge on any atom is -0.497 e. The number of ether oxygens (including phenoxy) is 1. The Morgan fingerprint density at radius 3 is 2.91 bits per heavy atom. The molecule has 6 heteroatoms. The third-order valence-electron chi connectivity index (χ3n) is 4.33. The zero-order valence-electron chi connectivity index (χ0n) is 13.1. The molecule has 0 amide bonds. The van der Waals surface area contributed by atoms with E-state index in [0.717, 1.165) is 28.4 Å². The summed E-state index contributed by atoms with van der Waals surface area (Å²) in [6.45, 7) is 0. The van der Waals surface area contributed by atoms with Crippen LogP contribution in [0.3, 0.4) is 0 Å². The molecule has 1 aromatic carbocycles. The van der Waals surface area contributed by atoms with E-state index in [-0.39, 0.29) is 0 Å². The number of nitrogens with one attached hydrogen (secondary N) is 1. The van der Waals surface area contributed by atoms with Crippen LogP contribution in [0.25, 0.3) is 16.9 Å². The summed E-state index contributed by atoms with van der Waals surface area (Å²) in [5.74, 6) is 2.39. The Labute approximate surface area is 134 Å². The first-order valence-electron chi connectivity index (χ1n) is 7.93. The molecule has 1 N–H and O–H groups in total. The van der Waals surface area contributed by atoms with Gasteiger partial charge in [-0.05, 0) is 25.0 Å². The normalized spacial score (nSPS) is 15.2. The lowest BCUT2D eigenvalue weighted by atomic mass is 10.2. The maximum Gasteiger partial charge on any atom is 0.159 e. The fourth-order valence-electron chi connectivity index (χ4n) is 3.12. The quantitative estimate of drug-likeness (QED) is 0.802. The lowest BCUT2D eigenvalue weighted by Gasteiger charge is -2.13. The Bertz CT molecular complexity index is 823. The molecular formula is C17H19N5O. The number of benzene rings is 1. The number of methoxy groups -OCH3 is 1. The van der Waals surface area contributed by atoms with Crippen LogP contribution in [0.15, 0.2) is 36.9 Å². The van der Waals surface area contributed by atoms with Crippen LogP contribution in [-0.2, 0) is 0 Å². The summed E-state index contributed by atoms with van der Waals surface area (Å²) in [5, 5.41) is 3.48. The van der Waals surface area contributed by atoms with Gasteiger partial charge >= 0.3 is 0 Å². The van der Waals surface area contributed by atoms with Crippen molar-refractivity contribution < 1.29 is 4.74 Å². The van der Waals surface area contributed by atoms with Crippen LogP contribution in [-0.4, -0.2) is 32.7 Å². The van der Waals surface area contributed by atoms with Gasteiger partial charge < -0.3 is 10.1 Å². The molecule has 1 aliphatic carbocycles. The number of aromatic nitrogens is 4. The molecule has 0 spiro atoms. The third-order valence-corrected chi connectivity index (χ3v) is 4.33. The smallest absolute Gasteiger partial charge is 0.159 e. The lowest BCUT2D eigenvalue weighted by Crippen LogP contribution is -2.16. The van der Waals surface area contributed by atoms with E-state index in [2.05, 4.69) is 20.3 Å². The van der Waals surface area contributed by atoms with Crippen molar-refractivity contribution >= 4 is 16.9 Å².